The molecule has 0 bridgehead atoms. The van der Waals surface area contributed by atoms with Gasteiger partial charge in [-0.3, -0.25) is 4.79 Å². The molecule has 0 unspecified atom stereocenters. The Kier molecular flexibility index (Phi) is 5.00. The van der Waals surface area contributed by atoms with Crippen LogP contribution in [-0.2, 0) is 6.54 Å². The molecule has 0 spiro atoms. The van der Waals surface area contributed by atoms with Crippen molar-refractivity contribution in [2.24, 2.45) is 5.73 Å². The van der Waals surface area contributed by atoms with Crippen molar-refractivity contribution in [3.05, 3.63) is 58.5 Å². The predicted octanol–water partition coefficient (Wildman–Crippen LogP) is 1.96. The molecule has 0 radical (unpaired) electrons. The predicted molar refractivity (Wildman–Crippen MR) is 81.8 cm³/mol. The number of ether oxygens (including phenoxy) is 2. The SMILES string of the molecule is COc1ccc([C@@H](C)N)c(OCCn2ccccc2=O)c1. The fourth-order valence-corrected chi connectivity index (χ4v) is 2.04. The number of hydrogen-bond donors (Lipinski definition) is 1. The molecule has 1 aromatic carbocycles. The minimum absolute atomic E-state index is 0.0424. The Balaban J connectivity index is 2.08. The van der Waals surface area contributed by atoms with Gasteiger partial charge in [-0.1, -0.05) is 12.1 Å². The van der Waals surface area contributed by atoms with Gasteiger partial charge in [0.1, 0.15) is 18.1 Å². The Labute approximate surface area is 123 Å². The highest BCUT2D eigenvalue weighted by molar-refractivity contribution is 5.42. The van der Waals surface area contributed by atoms with E-state index in [1.54, 1.807) is 23.9 Å². The molecule has 5 nitrogen and oxygen atoms in total. The fraction of sp³-hybridized carbons (Fsp3) is 0.312. The summed E-state index contributed by atoms with van der Waals surface area (Å²) in [6.45, 7) is 2.77. The number of aromatic nitrogens is 1. The standard InChI is InChI=1S/C16H20N2O3/c1-12(17)14-7-6-13(20-2)11-15(14)21-10-9-18-8-4-3-5-16(18)19/h3-8,11-12H,9-10,17H2,1-2H3/t12-/m1/s1. The van der Waals surface area contributed by atoms with Crippen molar-refractivity contribution in [2.45, 2.75) is 19.5 Å². The van der Waals surface area contributed by atoms with E-state index in [1.807, 2.05) is 31.2 Å². The zero-order valence-electron chi connectivity index (χ0n) is 12.3. The highest BCUT2D eigenvalue weighted by Crippen LogP contribution is 2.28. The lowest BCUT2D eigenvalue weighted by atomic mass is 10.1. The molecule has 21 heavy (non-hydrogen) atoms. The second-order valence-corrected chi connectivity index (χ2v) is 4.77. The van der Waals surface area contributed by atoms with E-state index in [1.165, 1.54) is 6.07 Å². The molecular weight excluding hydrogens is 268 g/mol. The summed E-state index contributed by atoms with van der Waals surface area (Å²) in [4.78, 5) is 11.6. The summed E-state index contributed by atoms with van der Waals surface area (Å²) in [5, 5.41) is 0. The highest BCUT2D eigenvalue weighted by Gasteiger charge is 2.09. The van der Waals surface area contributed by atoms with E-state index in [0.29, 0.717) is 24.7 Å². The first-order valence-electron chi connectivity index (χ1n) is 6.83. The molecule has 1 heterocycles. The normalized spacial score (nSPS) is 12.0. The van der Waals surface area contributed by atoms with E-state index in [2.05, 4.69) is 0 Å². The molecule has 2 aromatic rings. The number of nitrogens with two attached hydrogens (primary N) is 1. The first-order valence-corrected chi connectivity index (χ1v) is 6.83. The summed E-state index contributed by atoms with van der Waals surface area (Å²) in [5.74, 6) is 1.40. The minimum Gasteiger partial charge on any atom is -0.497 e. The minimum atomic E-state index is -0.134. The van der Waals surface area contributed by atoms with Gasteiger partial charge in [0.15, 0.2) is 0 Å². The molecule has 2 N–H and O–H groups in total. The molecule has 0 aliphatic carbocycles. The van der Waals surface area contributed by atoms with Crippen molar-refractivity contribution < 1.29 is 9.47 Å². The van der Waals surface area contributed by atoms with Crippen LogP contribution in [-0.4, -0.2) is 18.3 Å². The molecule has 1 atom stereocenters. The summed E-state index contributed by atoms with van der Waals surface area (Å²) < 4.78 is 12.6. The molecule has 1 aromatic heterocycles. The molecule has 0 saturated heterocycles. The molecule has 5 heteroatoms. The molecule has 0 amide bonds. The smallest absolute Gasteiger partial charge is 0.250 e. The van der Waals surface area contributed by atoms with Gasteiger partial charge in [-0.15, -0.1) is 0 Å². The van der Waals surface area contributed by atoms with E-state index in [4.69, 9.17) is 15.2 Å². The number of methoxy groups -OCH3 is 1. The number of hydrogen-bond acceptors (Lipinski definition) is 4. The first-order chi connectivity index (χ1) is 10.1. The van der Waals surface area contributed by atoms with Gasteiger partial charge in [-0.05, 0) is 19.1 Å². The number of pyridine rings is 1. The Morgan fingerprint density at radius 2 is 2.10 bits per heavy atom. The van der Waals surface area contributed by atoms with Crippen LogP contribution in [0.15, 0.2) is 47.4 Å². The zero-order chi connectivity index (χ0) is 15.2. The monoisotopic (exact) mass is 288 g/mol. The van der Waals surface area contributed by atoms with Crippen LogP contribution < -0.4 is 20.8 Å². The van der Waals surface area contributed by atoms with Gasteiger partial charge in [-0.25, -0.2) is 0 Å². The van der Waals surface area contributed by atoms with Gasteiger partial charge in [0, 0.05) is 29.9 Å². The Morgan fingerprint density at radius 1 is 1.29 bits per heavy atom. The second-order valence-electron chi connectivity index (χ2n) is 4.77. The molecule has 0 fully saturated rings. The van der Waals surface area contributed by atoms with Crippen molar-refractivity contribution >= 4 is 0 Å². The zero-order valence-corrected chi connectivity index (χ0v) is 12.3. The van der Waals surface area contributed by atoms with Crippen LogP contribution in [0.4, 0.5) is 0 Å². The molecular formula is C16H20N2O3. The van der Waals surface area contributed by atoms with Gasteiger partial charge < -0.3 is 19.8 Å². The third kappa shape index (κ3) is 3.86. The van der Waals surface area contributed by atoms with E-state index in [9.17, 15) is 4.79 Å². The summed E-state index contributed by atoms with van der Waals surface area (Å²) in [5.41, 5.74) is 6.81. The van der Waals surface area contributed by atoms with Crippen LogP contribution in [0.3, 0.4) is 0 Å². The van der Waals surface area contributed by atoms with Gasteiger partial charge in [0.25, 0.3) is 5.56 Å². The third-order valence-electron chi connectivity index (χ3n) is 3.20. The number of benzene rings is 1. The summed E-state index contributed by atoms with van der Waals surface area (Å²) >= 11 is 0. The molecule has 112 valence electrons. The van der Waals surface area contributed by atoms with E-state index in [-0.39, 0.29) is 11.6 Å². The summed E-state index contributed by atoms with van der Waals surface area (Å²) in [6, 6.07) is 10.5. The summed E-state index contributed by atoms with van der Waals surface area (Å²) in [6.07, 6.45) is 1.74. The molecule has 0 aliphatic heterocycles. The molecule has 2 rings (SSSR count). The van der Waals surface area contributed by atoms with Crippen LogP contribution in [0.25, 0.3) is 0 Å². The average molecular weight is 288 g/mol. The van der Waals surface area contributed by atoms with Crippen LogP contribution in [0.1, 0.15) is 18.5 Å². The first kappa shape index (κ1) is 15.1. The van der Waals surface area contributed by atoms with Gasteiger partial charge in [0.2, 0.25) is 0 Å². The molecule has 0 aliphatic rings. The van der Waals surface area contributed by atoms with Gasteiger partial charge >= 0.3 is 0 Å². The average Bonchev–Trinajstić information content (AvgIpc) is 2.48. The lowest BCUT2D eigenvalue weighted by Gasteiger charge is -2.15. The van der Waals surface area contributed by atoms with E-state index >= 15 is 0 Å². The van der Waals surface area contributed by atoms with Crippen molar-refractivity contribution in [1.82, 2.24) is 4.57 Å². The van der Waals surface area contributed by atoms with Crippen molar-refractivity contribution in [1.29, 1.82) is 0 Å². The largest absolute Gasteiger partial charge is 0.497 e. The van der Waals surface area contributed by atoms with Crippen molar-refractivity contribution in [2.75, 3.05) is 13.7 Å². The quantitative estimate of drug-likeness (QED) is 0.882. The van der Waals surface area contributed by atoms with E-state index < -0.39 is 0 Å². The van der Waals surface area contributed by atoms with Crippen LogP contribution in [0.2, 0.25) is 0 Å². The van der Waals surface area contributed by atoms with Crippen molar-refractivity contribution in [3.8, 4) is 11.5 Å². The molecule has 0 saturated carbocycles. The maximum Gasteiger partial charge on any atom is 0.250 e. The van der Waals surface area contributed by atoms with E-state index in [0.717, 1.165) is 5.56 Å². The Hall–Kier alpha value is -2.27. The van der Waals surface area contributed by atoms with Crippen LogP contribution >= 0.6 is 0 Å². The maximum absolute atomic E-state index is 11.6. The lowest BCUT2D eigenvalue weighted by molar-refractivity contribution is 0.290. The maximum atomic E-state index is 11.6. The second kappa shape index (κ2) is 6.95. The van der Waals surface area contributed by atoms with Crippen LogP contribution in [0.5, 0.6) is 11.5 Å². The summed E-state index contributed by atoms with van der Waals surface area (Å²) in [7, 11) is 1.61. The van der Waals surface area contributed by atoms with Crippen LogP contribution in [0, 0.1) is 0 Å². The lowest BCUT2D eigenvalue weighted by Crippen LogP contribution is -2.21. The van der Waals surface area contributed by atoms with Gasteiger partial charge in [-0.2, -0.15) is 0 Å². The van der Waals surface area contributed by atoms with Gasteiger partial charge in [0.05, 0.1) is 13.7 Å². The number of rotatable bonds is 6. The van der Waals surface area contributed by atoms with Crippen molar-refractivity contribution in [3.63, 3.8) is 0 Å². The Morgan fingerprint density at radius 3 is 2.76 bits per heavy atom. The number of nitrogens with zero attached hydrogens (tertiary/aromatic N) is 1. The topological polar surface area (TPSA) is 66.5 Å². The third-order valence-corrected chi connectivity index (χ3v) is 3.20. The highest BCUT2D eigenvalue weighted by atomic mass is 16.5. The Bertz CT molecular complexity index is 650. The fourth-order valence-electron chi connectivity index (χ4n) is 2.04.